The lowest BCUT2D eigenvalue weighted by atomic mass is 10.0. The van der Waals surface area contributed by atoms with Crippen LogP contribution in [0.5, 0.6) is 0 Å². The van der Waals surface area contributed by atoms with Gasteiger partial charge in [-0.2, -0.15) is 0 Å². The Morgan fingerprint density at radius 3 is 1.96 bits per heavy atom. The van der Waals surface area contributed by atoms with E-state index in [2.05, 4.69) is 4.74 Å². The summed E-state index contributed by atoms with van der Waals surface area (Å²) in [4.78, 5) is 11.2. The molecule has 2 nitrogen and oxygen atoms in total. The lowest BCUT2D eigenvalue weighted by Gasteiger charge is -2.08. The first-order valence-corrected chi connectivity index (χ1v) is 6.75. The third kappa shape index (κ3) is 1.99. The summed E-state index contributed by atoms with van der Waals surface area (Å²) in [5.41, 5.74) is 0. The first-order chi connectivity index (χ1) is 10.8. The molecule has 0 aliphatic heterocycles. The number of rotatable bonds is 1. The van der Waals surface area contributed by atoms with Crippen molar-refractivity contribution in [3.8, 4) is 0 Å². The van der Waals surface area contributed by atoms with Gasteiger partial charge < -0.3 is 4.74 Å². The van der Waals surface area contributed by atoms with Crippen LogP contribution in [0, 0.1) is 34.9 Å². The maximum absolute atomic E-state index is 14.0. The molecule has 0 aliphatic rings. The molecule has 2 aromatic carbocycles. The largest absolute Gasteiger partial charge is 0.465 e. The van der Waals surface area contributed by atoms with Crippen molar-refractivity contribution < 1.29 is 35.9 Å². The van der Waals surface area contributed by atoms with E-state index in [4.69, 9.17) is 0 Å². The molecular formula is C14H4F6O2S. The molecule has 1 aromatic heterocycles. The number of carbonyl (C=O) groups is 1. The molecule has 0 spiro atoms. The van der Waals surface area contributed by atoms with Gasteiger partial charge in [0.25, 0.3) is 0 Å². The molecule has 3 rings (SSSR count). The smallest absolute Gasteiger partial charge is 0.348 e. The Kier molecular flexibility index (Phi) is 3.47. The van der Waals surface area contributed by atoms with Crippen molar-refractivity contribution in [1.29, 1.82) is 0 Å². The first kappa shape index (κ1) is 15.6. The fraction of sp³-hybridized carbons (Fsp3) is 0.0714. The number of hydrogen-bond acceptors (Lipinski definition) is 3. The van der Waals surface area contributed by atoms with E-state index in [1.165, 1.54) is 0 Å². The van der Waals surface area contributed by atoms with Crippen LogP contribution in [0.2, 0.25) is 0 Å². The molecule has 0 amide bonds. The van der Waals surface area contributed by atoms with Gasteiger partial charge in [-0.3, -0.25) is 0 Å². The predicted octanol–water partition coefficient (Wildman–Crippen LogP) is 4.68. The lowest BCUT2D eigenvalue weighted by Crippen LogP contribution is -2.01. The highest BCUT2D eigenvalue weighted by atomic mass is 32.1. The molecule has 0 unspecified atom stereocenters. The molecule has 3 aromatic rings. The zero-order valence-corrected chi connectivity index (χ0v) is 11.9. The summed E-state index contributed by atoms with van der Waals surface area (Å²) >= 11 is 0.443. The van der Waals surface area contributed by atoms with Crippen LogP contribution in [0.1, 0.15) is 9.67 Å². The predicted molar refractivity (Wildman–Crippen MR) is 70.4 cm³/mol. The van der Waals surface area contributed by atoms with Gasteiger partial charge in [-0.1, -0.05) is 0 Å². The zero-order valence-electron chi connectivity index (χ0n) is 11.1. The monoisotopic (exact) mass is 350 g/mol. The quantitative estimate of drug-likeness (QED) is 0.276. The molecule has 0 aliphatic carbocycles. The third-order valence-electron chi connectivity index (χ3n) is 3.26. The summed E-state index contributed by atoms with van der Waals surface area (Å²) in [6, 6.07) is 0.863. The number of benzene rings is 2. The summed E-state index contributed by atoms with van der Waals surface area (Å²) in [6.07, 6.45) is 0. The number of hydrogen-bond donors (Lipinski definition) is 0. The maximum atomic E-state index is 14.0. The molecule has 0 N–H and O–H groups in total. The molecule has 0 radical (unpaired) electrons. The number of ether oxygens (including phenoxy) is 1. The Hall–Kier alpha value is -2.29. The Labute approximate surface area is 127 Å². The van der Waals surface area contributed by atoms with Crippen LogP contribution < -0.4 is 0 Å². The summed E-state index contributed by atoms with van der Waals surface area (Å²) in [7, 11) is 1.02. The normalized spacial score (nSPS) is 11.4. The highest BCUT2D eigenvalue weighted by molar-refractivity contribution is 7.21. The van der Waals surface area contributed by atoms with Gasteiger partial charge in [0.15, 0.2) is 34.9 Å². The molecule has 9 heteroatoms. The number of esters is 1. The molecule has 120 valence electrons. The van der Waals surface area contributed by atoms with E-state index in [1.807, 2.05) is 0 Å². The second-order valence-corrected chi connectivity index (χ2v) is 5.53. The van der Waals surface area contributed by atoms with Crippen LogP contribution in [0.15, 0.2) is 6.07 Å². The van der Waals surface area contributed by atoms with Gasteiger partial charge in [-0.15, -0.1) is 11.3 Å². The fourth-order valence-corrected chi connectivity index (χ4v) is 3.34. The zero-order chi connectivity index (χ0) is 17.0. The first-order valence-electron chi connectivity index (χ1n) is 5.94. The molecule has 0 bridgehead atoms. The third-order valence-corrected chi connectivity index (χ3v) is 4.39. The van der Waals surface area contributed by atoms with Gasteiger partial charge >= 0.3 is 5.97 Å². The van der Waals surface area contributed by atoms with E-state index in [0.29, 0.717) is 11.3 Å². The van der Waals surface area contributed by atoms with E-state index < -0.39 is 61.7 Å². The van der Waals surface area contributed by atoms with Crippen LogP contribution >= 0.6 is 11.3 Å². The SMILES string of the molecule is COC(=O)c1cc2c(F)c(F)c3c(F)c(F)c(F)c(F)c3c2s1. The molecule has 23 heavy (non-hydrogen) atoms. The van der Waals surface area contributed by atoms with Gasteiger partial charge in [-0.05, 0) is 6.07 Å². The summed E-state index contributed by atoms with van der Waals surface area (Å²) in [5, 5.41) is -2.90. The topological polar surface area (TPSA) is 26.3 Å². The van der Waals surface area contributed by atoms with Crippen molar-refractivity contribution in [3.63, 3.8) is 0 Å². The Bertz CT molecular complexity index is 995. The Balaban J connectivity index is 2.62. The van der Waals surface area contributed by atoms with Crippen LogP contribution in [0.4, 0.5) is 26.3 Å². The Morgan fingerprint density at radius 1 is 0.870 bits per heavy atom. The molecule has 0 saturated heterocycles. The molecule has 0 atom stereocenters. The van der Waals surface area contributed by atoms with Gasteiger partial charge in [0.1, 0.15) is 4.88 Å². The van der Waals surface area contributed by atoms with Crippen molar-refractivity contribution >= 4 is 38.2 Å². The van der Waals surface area contributed by atoms with Gasteiger partial charge in [0, 0.05) is 15.5 Å². The Morgan fingerprint density at radius 2 is 1.39 bits per heavy atom. The van der Waals surface area contributed by atoms with Crippen molar-refractivity contribution in [2.75, 3.05) is 7.11 Å². The number of halogens is 6. The minimum absolute atomic E-state index is 0.238. The number of fused-ring (bicyclic) bond motifs is 3. The minimum atomic E-state index is -2.25. The molecule has 1 heterocycles. The summed E-state index contributed by atoms with van der Waals surface area (Å²) in [6.45, 7) is 0. The van der Waals surface area contributed by atoms with Gasteiger partial charge in [-0.25, -0.2) is 31.1 Å². The van der Waals surface area contributed by atoms with E-state index in [9.17, 15) is 31.1 Å². The average Bonchev–Trinajstić information content (AvgIpc) is 2.98. The number of carbonyl (C=O) groups excluding carboxylic acids is 1. The van der Waals surface area contributed by atoms with Crippen LogP contribution in [0.3, 0.4) is 0 Å². The van der Waals surface area contributed by atoms with Crippen molar-refractivity contribution in [1.82, 2.24) is 0 Å². The second kappa shape index (κ2) is 5.12. The molecule has 0 fully saturated rings. The highest BCUT2D eigenvalue weighted by Crippen LogP contribution is 2.40. The van der Waals surface area contributed by atoms with E-state index >= 15 is 0 Å². The molecule has 0 saturated carbocycles. The van der Waals surface area contributed by atoms with Crippen molar-refractivity contribution in [3.05, 3.63) is 45.8 Å². The second-order valence-electron chi connectivity index (χ2n) is 4.48. The fourth-order valence-electron chi connectivity index (χ4n) is 2.22. The van der Waals surface area contributed by atoms with E-state index in [0.717, 1.165) is 13.2 Å². The van der Waals surface area contributed by atoms with E-state index in [1.54, 1.807) is 0 Å². The summed E-state index contributed by atoms with van der Waals surface area (Å²) < 4.78 is 86.4. The van der Waals surface area contributed by atoms with Crippen molar-refractivity contribution in [2.45, 2.75) is 0 Å². The number of methoxy groups -OCH3 is 1. The number of thiophene rings is 1. The van der Waals surface area contributed by atoms with Crippen molar-refractivity contribution in [2.24, 2.45) is 0 Å². The van der Waals surface area contributed by atoms with Crippen LogP contribution in [0.25, 0.3) is 20.9 Å². The average molecular weight is 350 g/mol. The summed E-state index contributed by atoms with van der Waals surface area (Å²) in [5.74, 6) is -12.7. The standard InChI is InChI=1S/C14H4F6O2S/c1-22-14(21)4-2-3-7(15)8(16)5-6(13(3)23-4)10(18)12(20)11(19)9(5)17/h2H,1H3. The lowest BCUT2D eigenvalue weighted by molar-refractivity contribution is 0.0606. The minimum Gasteiger partial charge on any atom is -0.465 e. The van der Waals surface area contributed by atoms with E-state index in [-0.39, 0.29) is 4.88 Å². The van der Waals surface area contributed by atoms with Crippen LogP contribution in [-0.4, -0.2) is 13.1 Å². The van der Waals surface area contributed by atoms with Gasteiger partial charge in [0.05, 0.1) is 12.5 Å². The highest BCUT2D eigenvalue weighted by Gasteiger charge is 2.29. The molecular weight excluding hydrogens is 346 g/mol. The van der Waals surface area contributed by atoms with Gasteiger partial charge in [0.2, 0.25) is 0 Å². The van der Waals surface area contributed by atoms with Crippen LogP contribution in [-0.2, 0) is 4.74 Å². The maximum Gasteiger partial charge on any atom is 0.348 e.